The van der Waals surface area contributed by atoms with Gasteiger partial charge in [0.2, 0.25) is 0 Å². The Hall–Kier alpha value is -2.77. The number of methoxy groups -OCH3 is 1. The summed E-state index contributed by atoms with van der Waals surface area (Å²) in [6.07, 6.45) is 2.94. The van der Waals surface area contributed by atoms with E-state index >= 15 is 0 Å². The zero-order valence-electron chi connectivity index (χ0n) is 17.0. The molecule has 0 fully saturated rings. The number of anilines is 1. The standard InChI is InChI=1S/C23H21N3O2S2/c1-4-14(12-20-25(5-2)18-13-15(28-3)10-11-19(18)29-20)21-22(27)26-17-9-7-6-8-16(17)24-23(26)30-21/h6-13H,4-5H2,1-3H3. The number of para-hydroxylation sites is 2. The van der Waals surface area contributed by atoms with E-state index in [1.807, 2.05) is 30.3 Å². The van der Waals surface area contributed by atoms with Gasteiger partial charge in [-0.05, 0) is 49.3 Å². The molecule has 0 radical (unpaired) electrons. The van der Waals surface area contributed by atoms with E-state index in [1.54, 1.807) is 23.3 Å². The highest BCUT2D eigenvalue weighted by molar-refractivity contribution is 8.03. The first-order valence-electron chi connectivity index (χ1n) is 9.92. The molecule has 0 atom stereocenters. The van der Waals surface area contributed by atoms with Crippen molar-refractivity contribution in [2.75, 3.05) is 18.6 Å². The number of imidazole rings is 1. The van der Waals surface area contributed by atoms with Crippen molar-refractivity contribution in [2.24, 2.45) is 0 Å². The first-order chi connectivity index (χ1) is 14.6. The Bertz CT molecular complexity index is 1420. The lowest BCUT2D eigenvalue weighted by molar-refractivity contribution is 0.414. The molecule has 0 saturated carbocycles. The van der Waals surface area contributed by atoms with Crippen molar-refractivity contribution in [3.8, 4) is 5.75 Å². The summed E-state index contributed by atoms with van der Waals surface area (Å²) < 4.78 is 7.91. The summed E-state index contributed by atoms with van der Waals surface area (Å²) in [4.78, 5) is 22.1. The van der Waals surface area contributed by atoms with Gasteiger partial charge in [0, 0.05) is 17.5 Å². The van der Waals surface area contributed by atoms with E-state index in [2.05, 4.69) is 41.9 Å². The topological polar surface area (TPSA) is 46.8 Å². The zero-order valence-corrected chi connectivity index (χ0v) is 18.6. The molecule has 3 heterocycles. The minimum absolute atomic E-state index is 0.0163. The molecule has 152 valence electrons. The van der Waals surface area contributed by atoms with Crippen LogP contribution in [0.1, 0.15) is 20.3 Å². The molecular weight excluding hydrogens is 414 g/mol. The second-order valence-corrected chi connectivity index (χ2v) is 9.04. The van der Waals surface area contributed by atoms with Crippen molar-refractivity contribution in [1.29, 1.82) is 0 Å². The van der Waals surface area contributed by atoms with E-state index in [0.29, 0.717) is 0 Å². The average molecular weight is 436 g/mol. The van der Waals surface area contributed by atoms with E-state index in [4.69, 9.17) is 4.74 Å². The highest BCUT2D eigenvalue weighted by Gasteiger charge is 2.25. The van der Waals surface area contributed by atoms with Gasteiger partial charge in [0.25, 0.3) is 5.56 Å². The Balaban J connectivity index is 1.67. The van der Waals surface area contributed by atoms with Crippen LogP contribution in [-0.4, -0.2) is 23.0 Å². The van der Waals surface area contributed by atoms with Crippen LogP contribution in [0.4, 0.5) is 5.69 Å². The molecule has 7 heteroatoms. The van der Waals surface area contributed by atoms with Crippen LogP contribution in [0.3, 0.4) is 0 Å². The molecule has 1 aliphatic heterocycles. The lowest BCUT2D eigenvalue weighted by Crippen LogP contribution is -2.25. The normalized spacial score (nSPS) is 16.0. The van der Waals surface area contributed by atoms with Crippen LogP contribution < -0.4 is 19.7 Å². The fraction of sp³-hybridized carbons (Fsp3) is 0.217. The largest absolute Gasteiger partial charge is 0.497 e. The molecule has 0 unspecified atom stereocenters. The van der Waals surface area contributed by atoms with Gasteiger partial charge in [-0.15, -0.1) is 0 Å². The number of thiazole rings is 1. The number of hydrogen-bond donors (Lipinski definition) is 0. The summed E-state index contributed by atoms with van der Waals surface area (Å²) >= 11 is 3.21. The van der Waals surface area contributed by atoms with Gasteiger partial charge in [-0.2, -0.15) is 0 Å². The van der Waals surface area contributed by atoms with Crippen LogP contribution in [0.5, 0.6) is 5.75 Å². The molecule has 0 amide bonds. The number of nitrogens with zero attached hydrogens (tertiary/aromatic N) is 3. The van der Waals surface area contributed by atoms with Crippen LogP contribution in [-0.2, 0) is 0 Å². The van der Waals surface area contributed by atoms with Gasteiger partial charge in [-0.1, -0.05) is 42.2 Å². The predicted octanol–water partition coefficient (Wildman–Crippen LogP) is 4.67. The maximum atomic E-state index is 13.3. The maximum Gasteiger partial charge on any atom is 0.275 e. The Labute approximate surface area is 182 Å². The summed E-state index contributed by atoms with van der Waals surface area (Å²) in [6.45, 7) is 5.08. The van der Waals surface area contributed by atoms with Crippen LogP contribution in [0.25, 0.3) is 21.6 Å². The summed E-state index contributed by atoms with van der Waals surface area (Å²) in [7, 11) is 1.69. The maximum absolute atomic E-state index is 13.3. The summed E-state index contributed by atoms with van der Waals surface area (Å²) in [6, 6.07) is 13.9. The number of thioether (sulfide) groups is 1. The molecule has 4 aromatic rings. The first kappa shape index (κ1) is 19.2. The summed E-state index contributed by atoms with van der Waals surface area (Å²) in [5.41, 5.74) is 3.94. The third-order valence-electron chi connectivity index (χ3n) is 5.34. The SMILES string of the molecule is CCC(C=C1Sc2ccc(OC)cc2N1CC)=c1sc2nc3ccccc3n2c1=O. The minimum Gasteiger partial charge on any atom is -0.497 e. The van der Waals surface area contributed by atoms with Gasteiger partial charge in [-0.25, -0.2) is 9.38 Å². The molecule has 5 rings (SSSR count). The van der Waals surface area contributed by atoms with E-state index in [0.717, 1.165) is 55.5 Å². The van der Waals surface area contributed by atoms with Gasteiger partial charge in [-0.3, -0.25) is 4.79 Å². The van der Waals surface area contributed by atoms with E-state index in [-0.39, 0.29) is 5.56 Å². The molecule has 0 aliphatic carbocycles. The number of hydrogen-bond acceptors (Lipinski definition) is 6. The summed E-state index contributed by atoms with van der Waals surface area (Å²) in [5, 5.41) is 1.13. The lowest BCUT2D eigenvalue weighted by atomic mass is 10.2. The molecular formula is C23H21N3O2S2. The molecule has 1 aliphatic rings. The van der Waals surface area contributed by atoms with Crippen molar-refractivity contribution in [2.45, 2.75) is 25.2 Å². The number of benzene rings is 2. The van der Waals surface area contributed by atoms with Gasteiger partial charge in [0.05, 0.1) is 33.4 Å². The number of rotatable bonds is 4. The molecule has 0 saturated heterocycles. The third-order valence-corrected chi connectivity index (χ3v) is 7.55. The lowest BCUT2D eigenvalue weighted by Gasteiger charge is -2.18. The Morgan fingerprint density at radius 1 is 1.20 bits per heavy atom. The Morgan fingerprint density at radius 2 is 2.03 bits per heavy atom. The van der Waals surface area contributed by atoms with Crippen LogP contribution in [0.2, 0.25) is 0 Å². The smallest absolute Gasteiger partial charge is 0.275 e. The highest BCUT2D eigenvalue weighted by Crippen LogP contribution is 2.47. The second-order valence-electron chi connectivity index (χ2n) is 7.00. The van der Waals surface area contributed by atoms with Crippen molar-refractivity contribution >= 4 is 50.4 Å². The molecule has 2 aromatic heterocycles. The number of aromatic nitrogens is 2. The minimum atomic E-state index is 0.0163. The van der Waals surface area contributed by atoms with Gasteiger partial charge >= 0.3 is 0 Å². The van der Waals surface area contributed by atoms with Crippen LogP contribution >= 0.6 is 23.1 Å². The number of ether oxygens (including phenoxy) is 1. The predicted molar refractivity (Wildman–Crippen MR) is 126 cm³/mol. The molecule has 0 N–H and O–H groups in total. The zero-order chi connectivity index (χ0) is 20.8. The Morgan fingerprint density at radius 3 is 2.80 bits per heavy atom. The monoisotopic (exact) mass is 435 g/mol. The van der Waals surface area contributed by atoms with E-state index in [9.17, 15) is 4.79 Å². The quantitative estimate of drug-likeness (QED) is 0.466. The van der Waals surface area contributed by atoms with E-state index < -0.39 is 0 Å². The molecule has 2 aromatic carbocycles. The van der Waals surface area contributed by atoms with Crippen molar-refractivity contribution in [3.05, 3.63) is 68.5 Å². The van der Waals surface area contributed by atoms with Crippen LogP contribution in [0.15, 0.2) is 63.3 Å². The highest BCUT2D eigenvalue weighted by atomic mass is 32.2. The molecule has 0 bridgehead atoms. The van der Waals surface area contributed by atoms with Crippen LogP contribution in [0, 0.1) is 0 Å². The van der Waals surface area contributed by atoms with Crippen molar-refractivity contribution in [1.82, 2.24) is 9.38 Å². The number of fused-ring (bicyclic) bond motifs is 4. The van der Waals surface area contributed by atoms with E-state index in [1.165, 1.54) is 16.2 Å². The third kappa shape index (κ3) is 2.92. The molecule has 5 nitrogen and oxygen atoms in total. The van der Waals surface area contributed by atoms with Crippen molar-refractivity contribution < 1.29 is 4.74 Å². The first-order valence-corrected chi connectivity index (χ1v) is 11.6. The average Bonchev–Trinajstić information content (AvgIpc) is 3.41. The second kappa shape index (κ2) is 7.49. The fourth-order valence-corrected chi connectivity index (χ4v) is 6.11. The number of allylic oxidation sites excluding steroid dienone is 1. The van der Waals surface area contributed by atoms with Gasteiger partial charge in [0.15, 0.2) is 4.96 Å². The Kier molecular flexibility index (Phi) is 4.79. The van der Waals surface area contributed by atoms with Gasteiger partial charge < -0.3 is 9.64 Å². The molecule has 0 spiro atoms. The van der Waals surface area contributed by atoms with Crippen molar-refractivity contribution in [3.63, 3.8) is 0 Å². The molecule has 30 heavy (non-hydrogen) atoms. The van der Waals surface area contributed by atoms with Gasteiger partial charge in [0.1, 0.15) is 5.75 Å². The fourth-order valence-electron chi connectivity index (χ4n) is 3.83. The summed E-state index contributed by atoms with van der Waals surface area (Å²) in [5.74, 6) is 0.849.